The molecule has 0 atom stereocenters. The SMILES string of the molecule is COc1ccc(C)cc1CC(=O)c1cc(C)c(C)s1. The van der Waals surface area contributed by atoms with Gasteiger partial charge in [0, 0.05) is 16.9 Å². The summed E-state index contributed by atoms with van der Waals surface area (Å²) in [5.74, 6) is 0.939. The molecule has 2 nitrogen and oxygen atoms in total. The fourth-order valence-electron chi connectivity index (χ4n) is 2.02. The average molecular weight is 274 g/mol. The smallest absolute Gasteiger partial charge is 0.177 e. The van der Waals surface area contributed by atoms with Crippen LogP contribution in [-0.2, 0) is 6.42 Å². The Balaban J connectivity index is 2.25. The van der Waals surface area contributed by atoms with Gasteiger partial charge in [-0.3, -0.25) is 4.79 Å². The molecule has 2 rings (SSSR count). The van der Waals surface area contributed by atoms with Gasteiger partial charge in [-0.25, -0.2) is 0 Å². The molecule has 0 unspecified atom stereocenters. The third kappa shape index (κ3) is 3.04. The van der Waals surface area contributed by atoms with Crippen molar-refractivity contribution < 1.29 is 9.53 Å². The van der Waals surface area contributed by atoms with Gasteiger partial charge in [-0.1, -0.05) is 17.7 Å². The number of Topliss-reactive ketones (excluding diaryl/α,β-unsaturated/α-hetero) is 1. The van der Waals surface area contributed by atoms with E-state index < -0.39 is 0 Å². The summed E-state index contributed by atoms with van der Waals surface area (Å²) < 4.78 is 5.32. The Labute approximate surface area is 118 Å². The van der Waals surface area contributed by atoms with Crippen molar-refractivity contribution in [3.05, 3.63) is 50.7 Å². The van der Waals surface area contributed by atoms with Gasteiger partial charge in [0.1, 0.15) is 5.75 Å². The molecule has 0 aliphatic rings. The van der Waals surface area contributed by atoms with E-state index in [4.69, 9.17) is 4.74 Å². The van der Waals surface area contributed by atoms with Gasteiger partial charge in [0.05, 0.1) is 12.0 Å². The third-order valence-corrected chi connectivity index (χ3v) is 4.42. The lowest BCUT2D eigenvalue weighted by Gasteiger charge is -2.08. The Morgan fingerprint density at radius 2 is 1.95 bits per heavy atom. The van der Waals surface area contributed by atoms with Crippen LogP contribution >= 0.6 is 11.3 Å². The lowest BCUT2D eigenvalue weighted by Crippen LogP contribution is -2.03. The molecule has 1 aromatic heterocycles. The Bertz CT molecular complexity index is 592. The van der Waals surface area contributed by atoms with Crippen LogP contribution in [0.4, 0.5) is 0 Å². The minimum atomic E-state index is 0.157. The van der Waals surface area contributed by atoms with E-state index in [2.05, 4.69) is 0 Å². The molecule has 0 bridgehead atoms. The molecule has 0 saturated carbocycles. The Morgan fingerprint density at radius 1 is 1.21 bits per heavy atom. The van der Waals surface area contributed by atoms with Gasteiger partial charge in [-0.05, 0) is 38.5 Å². The van der Waals surface area contributed by atoms with Gasteiger partial charge in [0.2, 0.25) is 0 Å². The zero-order chi connectivity index (χ0) is 14.0. The molecular weight excluding hydrogens is 256 g/mol. The van der Waals surface area contributed by atoms with Crippen molar-refractivity contribution in [1.82, 2.24) is 0 Å². The largest absolute Gasteiger partial charge is 0.496 e. The molecule has 0 radical (unpaired) electrons. The summed E-state index contributed by atoms with van der Waals surface area (Å²) in [7, 11) is 1.64. The third-order valence-electron chi connectivity index (χ3n) is 3.23. The number of benzene rings is 1. The van der Waals surface area contributed by atoms with Crippen molar-refractivity contribution in [3.8, 4) is 5.75 Å². The fourth-order valence-corrected chi connectivity index (χ4v) is 2.99. The number of methoxy groups -OCH3 is 1. The molecule has 0 saturated heterocycles. The molecule has 0 N–H and O–H groups in total. The van der Waals surface area contributed by atoms with Crippen LogP contribution in [0.25, 0.3) is 0 Å². The van der Waals surface area contributed by atoms with Crippen LogP contribution in [0.2, 0.25) is 0 Å². The molecule has 1 aromatic carbocycles. The molecule has 2 aromatic rings. The van der Waals surface area contributed by atoms with Crippen molar-refractivity contribution >= 4 is 17.1 Å². The molecule has 0 spiro atoms. The van der Waals surface area contributed by atoms with E-state index in [0.29, 0.717) is 6.42 Å². The van der Waals surface area contributed by atoms with Crippen molar-refractivity contribution in [3.63, 3.8) is 0 Å². The zero-order valence-corrected chi connectivity index (χ0v) is 12.6. The summed E-state index contributed by atoms with van der Waals surface area (Å²) in [6.45, 7) is 6.10. The number of thiophene rings is 1. The lowest BCUT2D eigenvalue weighted by atomic mass is 10.0. The maximum atomic E-state index is 12.3. The summed E-state index contributed by atoms with van der Waals surface area (Å²) in [4.78, 5) is 14.4. The van der Waals surface area contributed by atoms with Crippen molar-refractivity contribution in [2.75, 3.05) is 7.11 Å². The Kier molecular flexibility index (Phi) is 4.05. The monoisotopic (exact) mass is 274 g/mol. The van der Waals surface area contributed by atoms with Crippen LogP contribution in [0, 0.1) is 20.8 Å². The average Bonchev–Trinajstić information content (AvgIpc) is 2.70. The van der Waals surface area contributed by atoms with Crippen LogP contribution in [0.5, 0.6) is 5.75 Å². The van der Waals surface area contributed by atoms with Crippen LogP contribution in [0.15, 0.2) is 24.3 Å². The first kappa shape index (κ1) is 13.8. The summed E-state index contributed by atoms with van der Waals surface area (Å²) in [6.07, 6.45) is 0.393. The Morgan fingerprint density at radius 3 is 2.53 bits per heavy atom. The van der Waals surface area contributed by atoms with Crippen LogP contribution < -0.4 is 4.74 Å². The molecule has 0 amide bonds. The molecule has 0 fully saturated rings. The molecule has 3 heteroatoms. The molecular formula is C16H18O2S. The number of ether oxygens (including phenoxy) is 1. The van der Waals surface area contributed by atoms with Gasteiger partial charge in [0.15, 0.2) is 5.78 Å². The second-order valence-corrected chi connectivity index (χ2v) is 6.02. The van der Waals surface area contributed by atoms with E-state index in [1.165, 1.54) is 10.4 Å². The fraction of sp³-hybridized carbons (Fsp3) is 0.312. The highest BCUT2D eigenvalue weighted by Gasteiger charge is 2.14. The van der Waals surface area contributed by atoms with Gasteiger partial charge in [-0.15, -0.1) is 11.3 Å². The van der Waals surface area contributed by atoms with Crippen molar-refractivity contribution in [2.24, 2.45) is 0 Å². The topological polar surface area (TPSA) is 26.3 Å². The summed E-state index contributed by atoms with van der Waals surface area (Å²) >= 11 is 1.57. The quantitative estimate of drug-likeness (QED) is 0.784. The number of aryl methyl sites for hydroxylation is 3. The van der Waals surface area contributed by atoms with Crippen molar-refractivity contribution in [1.29, 1.82) is 0 Å². The predicted molar refractivity (Wildman–Crippen MR) is 79.6 cm³/mol. The minimum Gasteiger partial charge on any atom is -0.496 e. The number of hydrogen-bond acceptors (Lipinski definition) is 3. The lowest BCUT2D eigenvalue weighted by molar-refractivity contribution is 0.0996. The van der Waals surface area contributed by atoms with Gasteiger partial charge < -0.3 is 4.74 Å². The highest BCUT2D eigenvalue weighted by atomic mass is 32.1. The van der Waals surface area contributed by atoms with Crippen molar-refractivity contribution in [2.45, 2.75) is 27.2 Å². The van der Waals surface area contributed by atoms with E-state index in [9.17, 15) is 4.79 Å². The van der Waals surface area contributed by atoms with E-state index in [0.717, 1.165) is 21.8 Å². The molecule has 100 valence electrons. The first-order chi connectivity index (χ1) is 9.01. The van der Waals surface area contributed by atoms with Gasteiger partial charge in [0.25, 0.3) is 0 Å². The Hall–Kier alpha value is -1.61. The minimum absolute atomic E-state index is 0.157. The molecule has 19 heavy (non-hydrogen) atoms. The number of hydrogen-bond donors (Lipinski definition) is 0. The van der Waals surface area contributed by atoms with E-state index in [-0.39, 0.29) is 5.78 Å². The van der Waals surface area contributed by atoms with Crippen LogP contribution in [0.1, 0.15) is 31.2 Å². The summed E-state index contributed by atoms with van der Waals surface area (Å²) in [6, 6.07) is 7.91. The zero-order valence-electron chi connectivity index (χ0n) is 11.7. The number of ketones is 1. The normalized spacial score (nSPS) is 10.5. The van der Waals surface area contributed by atoms with E-state index in [1.54, 1.807) is 18.4 Å². The van der Waals surface area contributed by atoms with Crippen LogP contribution in [-0.4, -0.2) is 12.9 Å². The summed E-state index contributed by atoms with van der Waals surface area (Å²) in [5.41, 5.74) is 3.28. The second-order valence-electron chi connectivity index (χ2n) is 4.77. The predicted octanol–water partition coefficient (Wildman–Crippen LogP) is 4.11. The maximum Gasteiger partial charge on any atom is 0.177 e. The molecule has 0 aliphatic carbocycles. The highest BCUT2D eigenvalue weighted by Crippen LogP contribution is 2.25. The number of carbonyl (C=O) groups excluding carboxylic acids is 1. The van der Waals surface area contributed by atoms with Gasteiger partial charge >= 0.3 is 0 Å². The van der Waals surface area contributed by atoms with E-state index >= 15 is 0 Å². The molecule has 0 aliphatic heterocycles. The maximum absolute atomic E-state index is 12.3. The number of rotatable bonds is 4. The molecule has 1 heterocycles. The summed E-state index contributed by atoms with van der Waals surface area (Å²) in [5, 5.41) is 0. The van der Waals surface area contributed by atoms with E-state index in [1.807, 2.05) is 45.0 Å². The second kappa shape index (κ2) is 5.57. The standard InChI is InChI=1S/C16H18O2S/c1-10-5-6-15(18-4)13(7-10)9-14(17)16-8-11(2)12(3)19-16/h5-8H,9H2,1-4H3. The first-order valence-corrected chi connectivity index (χ1v) is 7.06. The van der Waals surface area contributed by atoms with Gasteiger partial charge in [-0.2, -0.15) is 0 Å². The van der Waals surface area contributed by atoms with Crippen LogP contribution in [0.3, 0.4) is 0 Å². The first-order valence-electron chi connectivity index (χ1n) is 6.25. The highest BCUT2D eigenvalue weighted by molar-refractivity contribution is 7.14. The number of carbonyl (C=O) groups is 1.